The number of aliphatic hydroxyl groups excluding tert-OH is 1. The number of aliphatic carboxylic acids is 1. The van der Waals surface area contributed by atoms with Gasteiger partial charge in [-0.15, -0.1) is 0 Å². The van der Waals surface area contributed by atoms with Crippen molar-refractivity contribution < 1.29 is 15.0 Å². The average Bonchev–Trinajstić information content (AvgIpc) is 1.99. The van der Waals surface area contributed by atoms with Crippen LogP contribution in [-0.2, 0) is 4.79 Å². The minimum atomic E-state index is -0.773. The van der Waals surface area contributed by atoms with Crippen molar-refractivity contribution in [3.8, 4) is 0 Å². The summed E-state index contributed by atoms with van der Waals surface area (Å²) in [5.41, 5.74) is 0. The van der Waals surface area contributed by atoms with Gasteiger partial charge >= 0.3 is 5.97 Å². The summed E-state index contributed by atoms with van der Waals surface area (Å²) in [4.78, 5) is 13.1. The second kappa shape index (κ2) is 5.47. The van der Waals surface area contributed by atoms with Crippen molar-refractivity contribution >= 4 is 5.97 Å². The van der Waals surface area contributed by atoms with E-state index in [0.29, 0.717) is 12.6 Å². The van der Waals surface area contributed by atoms with E-state index >= 15 is 0 Å². The number of carboxylic acid groups (broad SMARTS) is 1. The van der Waals surface area contributed by atoms with Crippen molar-refractivity contribution in [3.63, 3.8) is 0 Å². The van der Waals surface area contributed by atoms with Crippen molar-refractivity contribution in [1.29, 1.82) is 0 Å². The third-order valence-corrected chi connectivity index (χ3v) is 3.14. The van der Waals surface area contributed by atoms with Crippen LogP contribution in [-0.4, -0.2) is 46.3 Å². The van der Waals surface area contributed by atoms with E-state index in [9.17, 15) is 9.90 Å². The fourth-order valence-electron chi connectivity index (χ4n) is 2.19. The summed E-state index contributed by atoms with van der Waals surface area (Å²) in [5.74, 6) is -0.694. The molecular formula is C11H21NO3. The number of aliphatic hydroxyl groups is 1. The highest BCUT2D eigenvalue weighted by molar-refractivity contribution is 5.73. The van der Waals surface area contributed by atoms with Gasteiger partial charge in [-0.1, -0.05) is 20.3 Å². The van der Waals surface area contributed by atoms with E-state index in [-0.39, 0.29) is 12.5 Å². The Morgan fingerprint density at radius 1 is 1.47 bits per heavy atom. The minimum Gasteiger partial charge on any atom is -0.480 e. The zero-order valence-corrected chi connectivity index (χ0v) is 9.52. The Labute approximate surface area is 90.9 Å². The summed E-state index contributed by atoms with van der Waals surface area (Å²) in [7, 11) is 0. The molecule has 1 aliphatic rings. The van der Waals surface area contributed by atoms with Crippen LogP contribution in [0.5, 0.6) is 0 Å². The molecule has 0 heterocycles. The molecule has 1 saturated carbocycles. The smallest absolute Gasteiger partial charge is 0.321 e. The van der Waals surface area contributed by atoms with Crippen LogP contribution in [0.15, 0.2) is 0 Å². The topological polar surface area (TPSA) is 60.8 Å². The summed E-state index contributed by atoms with van der Waals surface area (Å²) >= 11 is 0. The highest BCUT2D eigenvalue weighted by Crippen LogP contribution is 2.28. The van der Waals surface area contributed by atoms with E-state index in [4.69, 9.17) is 5.11 Å². The molecule has 0 radical (unpaired) electrons. The van der Waals surface area contributed by atoms with Gasteiger partial charge in [0, 0.05) is 12.6 Å². The standard InChI is InChI=1S/C11H21NO3/c1-8(2)10(11(14)15)12(6-7-13)9-4-3-5-9/h8-10,13H,3-7H2,1-2H3,(H,14,15). The molecule has 1 rings (SSSR count). The van der Waals surface area contributed by atoms with Crippen LogP contribution >= 0.6 is 0 Å². The van der Waals surface area contributed by atoms with Gasteiger partial charge < -0.3 is 10.2 Å². The number of nitrogens with zero attached hydrogens (tertiary/aromatic N) is 1. The summed E-state index contributed by atoms with van der Waals surface area (Å²) in [6.07, 6.45) is 3.31. The highest BCUT2D eigenvalue weighted by atomic mass is 16.4. The number of hydrogen-bond donors (Lipinski definition) is 2. The SMILES string of the molecule is CC(C)C(C(=O)O)N(CCO)C1CCC1. The molecule has 4 heteroatoms. The van der Waals surface area contributed by atoms with Crippen LogP contribution in [0.2, 0.25) is 0 Å². The molecule has 1 atom stereocenters. The van der Waals surface area contributed by atoms with E-state index in [0.717, 1.165) is 12.8 Å². The molecule has 0 aromatic carbocycles. The fourth-order valence-corrected chi connectivity index (χ4v) is 2.19. The molecule has 1 aliphatic carbocycles. The average molecular weight is 215 g/mol. The first-order valence-corrected chi connectivity index (χ1v) is 5.67. The first-order chi connectivity index (χ1) is 7.07. The molecule has 1 fully saturated rings. The van der Waals surface area contributed by atoms with E-state index in [2.05, 4.69) is 0 Å². The largest absolute Gasteiger partial charge is 0.480 e. The molecular weight excluding hydrogens is 194 g/mol. The summed E-state index contributed by atoms with van der Waals surface area (Å²) < 4.78 is 0. The Morgan fingerprint density at radius 3 is 2.33 bits per heavy atom. The molecule has 0 aromatic rings. The lowest BCUT2D eigenvalue weighted by atomic mass is 9.88. The van der Waals surface area contributed by atoms with Gasteiger partial charge in [-0.2, -0.15) is 0 Å². The van der Waals surface area contributed by atoms with Gasteiger partial charge in [-0.25, -0.2) is 0 Å². The second-order valence-electron chi connectivity index (χ2n) is 4.57. The zero-order valence-electron chi connectivity index (χ0n) is 9.52. The Balaban J connectivity index is 2.69. The summed E-state index contributed by atoms with van der Waals surface area (Å²) in [6, 6.07) is -0.0944. The Bertz CT molecular complexity index is 214. The molecule has 0 amide bonds. The molecule has 4 nitrogen and oxygen atoms in total. The van der Waals surface area contributed by atoms with Crippen LogP contribution in [0.1, 0.15) is 33.1 Å². The molecule has 88 valence electrons. The van der Waals surface area contributed by atoms with E-state index < -0.39 is 12.0 Å². The van der Waals surface area contributed by atoms with Crippen molar-refractivity contribution in [2.45, 2.75) is 45.2 Å². The number of carboxylic acids is 1. The van der Waals surface area contributed by atoms with E-state index in [1.54, 1.807) is 0 Å². The van der Waals surface area contributed by atoms with Gasteiger partial charge in [-0.3, -0.25) is 9.69 Å². The maximum absolute atomic E-state index is 11.2. The van der Waals surface area contributed by atoms with Gasteiger partial charge in [0.25, 0.3) is 0 Å². The quantitative estimate of drug-likeness (QED) is 0.692. The van der Waals surface area contributed by atoms with Crippen molar-refractivity contribution in [1.82, 2.24) is 4.90 Å². The zero-order chi connectivity index (χ0) is 11.4. The van der Waals surface area contributed by atoms with Gasteiger partial charge in [0.2, 0.25) is 0 Å². The van der Waals surface area contributed by atoms with Crippen LogP contribution in [0.25, 0.3) is 0 Å². The van der Waals surface area contributed by atoms with Gasteiger partial charge in [0.15, 0.2) is 0 Å². The number of carbonyl (C=O) groups is 1. The molecule has 0 saturated heterocycles. The lowest BCUT2D eigenvalue weighted by Gasteiger charge is -2.42. The molecule has 0 spiro atoms. The lowest BCUT2D eigenvalue weighted by Crippen LogP contribution is -2.53. The number of rotatable bonds is 6. The van der Waals surface area contributed by atoms with Gasteiger partial charge in [0.1, 0.15) is 6.04 Å². The van der Waals surface area contributed by atoms with Gasteiger partial charge in [-0.05, 0) is 18.8 Å². The molecule has 1 unspecified atom stereocenters. The predicted molar refractivity (Wildman–Crippen MR) is 57.7 cm³/mol. The Kier molecular flexibility index (Phi) is 4.54. The molecule has 0 aromatic heterocycles. The Morgan fingerprint density at radius 2 is 2.07 bits per heavy atom. The second-order valence-corrected chi connectivity index (χ2v) is 4.57. The minimum absolute atomic E-state index is 0.0347. The first-order valence-electron chi connectivity index (χ1n) is 5.67. The summed E-state index contributed by atoms with van der Waals surface area (Å²) in [6.45, 7) is 4.34. The van der Waals surface area contributed by atoms with Crippen LogP contribution in [0.3, 0.4) is 0 Å². The predicted octanol–water partition coefficient (Wildman–Crippen LogP) is 0.942. The molecule has 2 N–H and O–H groups in total. The third kappa shape index (κ3) is 2.92. The molecule has 15 heavy (non-hydrogen) atoms. The van der Waals surface area contributed by atoms with E-state index in [1.165, 1.54) is 6.42 Å². The van der Waals surface area contributed by atoms with Crippen LogP contribution in [0.4, 0.5) is 0 Å². The van der Waals surface area contributed by atoms with Crippen molar-refractivity contribution in [2.24, 2.45) is 5.92 Å². The normalized spacial score (nSPS) is 19.3. The van der Waals surface area contributed by atoms with E-state index in [1.807, 2.05) is 18.7 Å². The maximum atomic E-state index is 11.2. The highest BCUT2D eigenvalue weighted by Gasteiger charge is 2.35. The Hall–Kier alpha value is -0.610. The lowest BCUT2D eigenvalue weighted by molar-refractivity contribution is -0.147. The van der Waals surface area contributed by atoms with Gasteiger partial charge in [0.05, 0.1) is 6.61 Å². The fraction of sp³-hybridized carbons (Fsp3) is 0.909. The van der Waals surface area contributed by atoms with Crippen LogP contribution < -0.4 is 0 Å². The molecule has 0 aliphatic heterocycles. The first kappa shape index (κ1) is 12.5. The van der Waals surface area contributed by atoms with Crippen LogP contribution in [0, 0.1) is 5.92 Å². The summed E-state index contributed by atoms with van der Waals surface area (Å²) in [5, 5.41) is 18.2. The maximum Gasteiger partial charge on any atom is 0.321 e. The van der Waals surface area contributed by atoms with Crippen molar-refractivity contribution in [2.75, 3.05) is 13.2 Å². The monoisotopic (exact) mass is 215 g/mol. The van der Waals surface area contributed by atoms with Crippen molar-refractivity contribution in [3.05, 3.63) is 0 Å². The third-order valence-electron chi connectivity index (χ3n) is 3.14. The molecule has 0 bridgehead atoms. The number of hydrogen-bond acceptors (Lipinski definition) is 3.